The van der Waals surface area contributed by atoms with E-state index in [2.05, 4.69) is 31.0 Å². The molecule has 20 heavy (non-hydrogen) atoms. The van der Waals surface area contributed by atoms with E-state index >= 15 is 0 Å². The van der Waals surface area contributed by atoms with Gasteiger partial charge in [0.25, 0.3) is 10.0 Å². The first-order chi connectivity index (χ1) is 9.42. The van der Waals surface area contributed by atoms with Gasteiger partial charge < -0.3 is 5.32 Å². The molecule has 7 heteroatoms. The van der Waals surface area contributed by atoms with Crippen LogP contribution in [0.5, 0.6) is 0 Å². The fraction of sp³-hybridized carbons (Fsp3) is 0.154. The summed E-state index contributed by atoms with van der Waals surface area (Å²) in [5.41, 5.74) is 1.47. The number of nitrogens with one attached hydrogen (secondary N) is 2. The highest BCUT2D eigenvalue weighted by atomic mass is 79.9. The number of hydrogen-bond acceptors (Lipinski definition) is 4. The van der Waals surface area contributed by atoms with Crippen molar-refractivity contribution in [2.24, 2.45) is 0 Å². The standard InChI is InChI=1S/C13H14BrN3O2S/c1-9-3-5-11(14)12(7-9)17-20(18,19)10-4-6-13(15-2)16-8-10/h3-8,17H,1-2H3,(H,15,16). The van der Waals surface area contributed by atoms with Gasteiger partial charge in [-0.3, -0.25) is 4.72 Å². The number of aryl methyl sites for hydroxylation is 1. The Labute approximate surface area is 126 Å². The molecule has 2 N–H and O–H groups in total. The predicted molar refractivity (Wildman–Crippen MR) is 83.5 cm³/mol. The maximum atomic E-state index is 12.3. The molecular formula is C13H14BrN3O2S. The summed E-state index contributed by atoms with van der Waals surface area (Å²) < 4.78 is 27.8. The van der Waals surface area contributed by atoms with Crippen molar-refractivity contribution in [2.75, 3.05) is 17.1 Å². The summed E-state index contributed by atoms with van der Waals surface area (Å²) >= 11 is 3.33. The van der Waals surface area contributed by atoms with E-state index in [0.29, 0.717) is 16.0 Å². The van der Waals surface area contributed by atoms with Crippen LogP contribution in [0.2, 0.25) is 0 Å². The second-order valence-electron chi connectivity index (χ2n) is 4.22. The molecule has 2 rings (SSSR count). The number of aromatic nitrogens is 1. The molecule has 1 aromatic carbocycles. The molecule has 1 aromatic heterocycles. The molecule has 0 saturated carbocycles. The largest absolute Gasteiger partial charge is 0.373 e. The predicted octanol–water partition coefficient (Wildman–Crippen LogP) is 3.00. The van der Waals surface area contributed by atoms with Crippen molar-refractivity contribution in [3.63, 3.8) is 0 Å². The molecule has 0 aliphatic heterocycles. The van der Waals surface area contributed by atoms with Gasteiger partial charge in [-0.05, 0) is 52.7 Å². The van der Waals surface area contributed by atoms with Gasteiger partial charge in [0.05, 0.1) is 5.69 Å². The third kappa shape index (κ3) is 3.29. The summed E-state index contributed by atoms with van der Waals surface area (Å²) in [6.45, 7) is 1.90. The summed E-state index contributed by atoms with van der Waals surface area (Å²) in [4.78, 5) is 4.12. The Hall–Kier alpha value is -1.60. The summed E-state index contributed by atoms with van der Waals surface area (Å²) in [6, 6.07) is 8.57. The Bertz CT molecular complexity index is 715. The second kappa shape index (κ2) is 5.80. The van der Waals surface area contributed by atoms with Crippen LogP contribution in [0.4, 0.5) is 11.5 Å². The maximum absolute atomic E-state index is 12.3. The minimum atomic E-state index is -3.65. The quantitative estimate of drug-likeness (QED) is 0.884. The number of benzene rings is 1. The fourth-order valence-corrected chi connectivity index (χ4v) is 3.10. The minimum absolute atomic E-state index is 0.116. The molecule has 0 fully saturated rings. The van der Waals surface area contributed by atoms with Crippen molar-refractivity contribution in [3.8, 4) is 0 Å². The van der Waals surface area contributed by atoms with Gasteiger partial charge in [-0.2, -0.15) is 0 Å². The number of hydrogen-bond donors (Lipinski definition) is 2. The minimum Gasteiger partial charge on any atom is -0.373 e. The lowest BCUT2D eigenvalue weighted by atomic mass is 10.2. The van der Waals surface area contributed by atoms with Crippen molar-refractivity contribution < 1.29 is 8.42 Å². The SMILES string of the molecule is CNc1ccc(S(=O)(=O)Nc2cc(C)ccc2Br)cn1. The average molecular weight is 356 g/mol. The van der Waals surface area contributed by atoms with E-state index in [9.17, 15) is 8.42 Å². The average Bonchev–Trinajstić information content (AvgIpc) is 2.43. The van der Waals surface area contributed by atoms with E-state index in [1.165, 1.54) is 12.3 Å². The molecule has 0 saturated heterocycles. The van der Waals surface area contributed by atoms with Crippen molar-refractivity contribution in [3.05, 3.63) is 46.6 Å². The van der Waals surface area contributed by atoms with Crippen LogP contribution in [0.3, 0.4) is 0 Å². The molecule has 0 aliphatic carbocycles. The smallest absolute Gasteiger partial charge is 0.263 e. The molecule has 2 aromatic rings. The van der Waals surface area contributed by atoms with Crippen LogP contribution in [0.15, 0.2) is 45.9 Å². The van der Waals surface area contributed by atoms with E-state index in [1.54, 1.807) is 25.2 Å². The van der Waals surface area contributed by atoms with Gasteiger partial charge in [-0.25, -0.2) is 13.4 Å². The van der Waals surface area contributed by atoms with Gasteiger partial charge in [-0.1, -0.05) is 6.07 Å². The zero-order valence-corrected chi connectivity index (χ0v) is 13.4. The Morgan fingerprint density at radius 1 is 1.20 bits per heavy atom. The molecule has 5 nitrogen and oxygen atoms in total. The van der Waals surface area contributed by atoms with Crippen molar-refractivity contribution in [1.82, 2.24) is 4.98 Å². The maximum Gasteiger partial charge on any atom is 0.263 e. The molecule has 0 amide bonds. The lowest BCUT2D eigenvalue weighted by Gasteiger charge is -2.10. The number of sulfonamides is 1. The Morgan fingerprint density at radius 3 is 2.55 bits per heavy atom. The first-order valence-electron chi connectivity index (χ1n) is 5.85. The zero-order valence-electron chi connectivity index (χ0n) is 11.0. The van der Waals surface area contributed by atoms with Gasteiger partial charge in [0.1, 0.15) is 10.7 Å². The molecule has 0 spiro atoms. The normalized spacial score (nSPS) is 11.2. The molecule has 0 aliphatic rings. The van der Waals surface area contributed by atoms with Crippen LogP contribution in [0.1, 0.15) is 5.56 Å². The van der Waals surface area contributed by atoms with E-state index in [1.807, 2.05) is 13.0 Å². The Morgan fingerprint density at radius 2 is 1.95 bits per heavy atom. The van der Waals surface area contributed by atoms with Crippen LogP contribution in [0.25, 0.3) is 0 Å². The lowest BCUT2D eigenvalue weighted by Crippen LogP contribution is -2.13. The van der Waals surface area contributed by atoms with Crippen molar-refractivity contribution in [1.29, 1.82) is 0 Å². The van der Waals surface area contributed by atoms with Crippen molar-refractivity contribution in [2.45, 2.75) is 11.8 Å². The molecule has 1 heterocycles. The monoisotopic (exact) mass is 355 g/mol. The highest BCUT2D eigenvalue weighted by Crippen LogP contribution is 2.26. The van der Waals surface area contributed by atoms with Crippen LogP contribution in [-0.4, -0.2) is 20.4 Å². The molecule has 106 valence electrons. The van der Waals surface area contributed by atoms with Crippen molar-refractivity contribution >= 4 is 37.5 Å². The number of pyridine rings is 1. The van der Waals surface area contributed by atoms with Crippen LogP contribution in [0, 0.1) is 6.92 Å². The van der Waals surface area contributed by atoms with Gasteiger partial charge in [-0.15, -0.1) is 0 Å². The fourth-order valence-electron chi connectivity index (χ4n) is 1.61. The molecule has 0 bridgehead atoms. The van der Waals surface area contributed by atoms with Crippen LogP contribution < -0.4 is 10.0 Å². The lowest BCUT2D eigenvalue weighted by molar-refractivity contribution is 0.601. The van der Waals surface area contributed by atoms with Gasteiger partial charge in [0.2, 0.25) is 0 Å². The molecule has 0 atom stereocenters. The van der Waals surface area contributed by atoms with Gasteiger partial charge >= 0.3 is 0 Å². The van der Waals surface area contributed by atoms with E-state index in [-0.39, 0.29) is 4.90 Å². The van der Waals surface area contributed by atoms with E-state index in [4.69, 9.17) is 0 Å². The molecular weight excluding hydrogens is 342 g/mol. The van der Waals surface area contributed by atoms with Gasteiger partial charge in [0, 0.05) is 17.7 Å². The zero-order chi connectivity index (χ0) is 14.8. The number of rotatable bonds is 4. The summed E-state index contributed by atoms with van der Waals surface area (Å²) in [7, 11) is -1.93. The molecule has 0 radical (unpaired) electrons. The first-order valence-corrected chi connectivity index (χ1v) is 8.13. The Balaban J connectivity index is 2.32. The second-order valence-corrected chi connectivity index (χ2v) is 6.75. The molecule has 0 unspecified atom stereocenters. The number of halogens is 1. The van der Waals surface area contributed by atoms with Crippen LogP contribution in [-0.2, 0) is 10.0 Å². The highest BCUT2D eigenvalue weighted by Gasteiger charge is 2.16. The third-order valence-corrected chi connectivity index (χ3v) is 4.71. The highest BCUT2D eigenvalue weighted by molar-refractivity contribution is 9.10. The summed E-state index contributed by atoms with van der Waals surface area (Å²) in [5, 5.41) is 2.84. The van der Waals surface area contributed by atoms with E-state index in [0.717, 1.165) is 5.56 Å². The number of nitrogens with zero attached hydrogens (tertiary/aromatic N) is 1. The first kappa shape index (κ1) is 14.8. The topological polar surface area (TPSA) is 71.1 Å². The van der Waals surface area contributed by atoms with E-state index < -0.39 is 10.0 Å². The van der Waals surface area contributed by atoms with Crippen LogP contribution >= 0.6 is 15.9 Å². The Kier molecular flexibility index (Phi) is 4.29. The van der Waals surface area contributed by atoms with Gasteiger partial charge in [0.15, 0.2) is 0 Å². The third-order valence-electron chi connectivity index (χ3n) is 2.67. The summed E-state index contributed by atoms with van der Waals surface area (Å²) in [5.74, 6) is 0.612. The number of anilines is 2. The summed E-state index contributed by atoms with van der Waals surface area (Å²) in [6.07, 6.45) is 1.32.